The van der Waals surface area contributed by atoms with Gasteiger partial charge < -0.3 is 5.73 Å². The van der Waals surface area contributed by atoms with E-state index in [4.69, 9.17) is 0 Å². The summed E-state index contributed by atoms with van der Waals surface area (Å²) in [6.45, 7) is 10.8. The summed E-state index contributed by atoms with van der Waals surface area (Å²) in [5, 5.41) is 0. The first-order chi connectivity index (χ1) is 7.22. The Morgan fingerprint density at radius 3 is 2.13 bits per heavy atom. The second-order valence-electron chi connectivity index (χ2n) is 4.76. The van der Waals surface area contributed by atoms with E-state index in [-0.39, 0.29) is 0 Å². The van der Waals surface area contributed by atoms with Crippen LogP contribution in [0.5, 0.6) is 0 Å². The highest BCUT2D eigenvalue weighted by Gasteiger charge is 2.38. The third-order valence-corrected chi connectivity index (χ3v) is 3.75. The van der Waals surface area contributed by atoms with Gasteiger partial charge in [0, 0.05) is 31.2 Å². The molecule has 0 aromatic rings. The van der Waals surface area contributed by atoms with Gasteiger partial charge in [-0.05, 0) is 40.3 Å². The lowest BCUT2D eigenvalue weighted by Crippen LogP contribution is -2.63. The van der Waals surface area contributed by atoms with Crippen molar-refractivity contribution in [3.8, 4) is 0 Å². The van der Waals surface area contributed by atoms with Gasteiger partial charge in [-0.15, -0.1) is 0 Å². The lowest BCUT2D eigenvalue weighted by molar-refractivity contribution is -0.0333. The first-order valence-corrected chi connectivity index (χ1v) is 6.30. The largest absolute Gasteiger partial charge is 0.333 e. The highest BCUT2D eigenvalue weighted by Crippen LogP contribution is 2.29. The van der Waals surface area contributed by atoms with Gasteiger partial charge in [0.1, 0.15) is 0 Å². The van der Waals surface area contributed by atoms with E-state index >= 15 is 0 Å². The fourth-order valence-electron chi connectivity index (χ4n) is 2.97. The summed E-state index contributed by atoms with van der Waals surface area (Å²) in [7, 11) is 1.50. The van der Waals surface area contributed by atoms with Crippen molar-refractivity contribution >= 4 is 0 Å². The molecule has 3 heterocycles. The van der Waals surface area contributed by atoms with Gasteiger partial charge in [0.2, 0.25) is 0 Å². The molecular formula is C12H27N3. The highest BCUT2D eigenvalue weighted by atomic mass is 15.3. The van der Waals surface area contributed by atoms with Gasteiger partial charge in [0.05, 0.1) is 0 Å². The minimum atomic E-state index is 0.742. The zero-order valence-electron chi connectivity index (χ0n) is 10.7. The van der Waals surface area contributed by atoms with Gasteiger partial charge >= 0.3 is 0 Å². The highest BCUT2D eigenvalue weighted by molar-refractivity contribution is 4.95. The second kappa shape index (κ2) is 5.83. The first kappa shape index (κ1) is 12.9. The average molecular weight is 213 g/mol. The quantitative estimate of drug-likeness (QED) is 0.746. The topological polar surface area (TPSA) is 32.5 Å². The SMILES string of the molecule is CCN1CC2CCC1CN2C(C)C.CN. The molecule has 0 saturated carbocycles. The molecule has 0 spiro atoms. The number of nitrogens with zero attached hydrogens (tertiary/aromatic N) is 2. The zero-order valence-corrected chi connectivity index (χ0v) is 10.7. The molecule has 2 N–H and O–H groups in total. The Morgan fingerprint density at radius 2 is 1.73 bits per heavy atom. The number of likely N-dealkylation sites (N-methyl/N-ethyl adjacent to an activating group) is 1. The van der Waals surface area contributed by atoms with Crippen LogP contribution < -0.4 is 5.73 Å². The summed E-state index contributed by atoms with van der Waals surface area (Å²) in [5.41, 5.74) is 4.50. The number of piperidine rings is 2. The fraction of sp³-hybridized carbons (Fsp3) is 1.00. The van der Waals surface area contributed by atoms with Gasteiger partial charge in [-0.25, -0.2) is 0 Å². The number of piperazine rings is 1. The van der Waals surface area contributed by atoms with Crippen molar-refractivity contribution in [3.63, 3.8) is 0 Å². The molecule has 0 radical (unpaired) electrons. The van der Waals surface area contributed by atoms with Crippen molar-refractivity contribution in [1.29, 1.82) is 0 Å². The Morgan fingerprint density at radius 1 is 1.13 bits per heavy atom. The van der Waals surface area contributed by atoms with Crippen molar-refractivity contribution in [2.45, 2.75) is 51.7 Å². The molecule has 3 nitrogen and oxygen atoms in total. The van der Waals surface area contributed by atoms with E-state index in [0.717, 1.165) is 18.1 Å². The molecule has 3 rings (SSSR count). The summed E-state index contributed by atoms with van der Waals surface area (Å²) < 4.78 is 0. The molecule has 15 heavy (non-hydrogen) atoms. The number of rotatable bonds is 2. The molecule has 3 aliphatic heterocycles. The van der Waals surface area contributed by atoms with Crippen LogP contribution in [0.2, 0.25) is 0 Å². The molecule has 90 valence electrons. The van der Waals surface area contributed by atoms with Crippen molar-refractivity contribution in [2.24, 2.45) is 5.73 Å². The van der Waals surface area contributed by atoms with Crippen molar-refractivity contribution in [2.75, 3.05) is 26.7 Å². The normalized spacial score (nSPS) is 31.6. The summed E-state index contributed by atoms with van der Waals surface area (Å²) in [5.74, 6) is 0. The fourth-order valence-corrected chi connectivity index (χ4v) is 2.97. The van der Waals surface area contributed by atoms with Gasteiger partial charge in [-0.1, -0.05) is 6.92 Å². The Balaban J connectivity index is 0.000000531. The van der Waals surface area contributed by atoms with Crippen molar-refractivity contribution in [1.82, 2.24) is 9.80 Å². The Hall–Kier alpha value is -0.120. The van der Waals surface area contributed by atoms with Crippen molar-refractivity contribution in [3.05, 3.63) is 0 Å². The second-order valence-corrected chi connectivity index (χ2v) is 4.76. The van der Waals surface area contributed by atoms with E-state index in [9.17, 15) is 0 Å². The van der Waals surface area contributed by atoms with Gasteiger partial charge in [-0.3, -0.25) is 9.80 Å². The molecular weight excluding hydrogens is 186 g/mol. The molecule has 2 bridgehead atoms. The van der Waals surface area contributed by atoms with Crippen LogP contribution in [-0.4, -0.2) is 54.6 Å². The maximum Gasteiger partial charge on any atom is 0.0227 e. The van der Waals surface area contributed by atoms with Crippen LogP contribution in [0, 0.1) is 0 Å². The zero-order chi connectivity index (χ0) is 11.4. The van der Waals surface area contributed by atoms with Crippen LogP contribution >= 0.6 is 0 Å². The molecule has 0 aromatic carbocycles. The smallest absolute Gasteiger partial charge is 0.0227 e. The van der Waals surface area contributed by atoms with E-state index < -0.39 is 0 Å². The van der Waals surface area contributed by atoms with E-state index in [1.54, 1.807) is 0 Å². The Bertz CT molecular complexity index is 182. The monoisotopic (exact) mass is 213 g/mol. The number of nitrogens with two attached hydrogens (primary N) is 1. The number of hydrogen-bond donors (Lipinski definition) is 1. The average Bonchev–Trinajstić information content (AvgIpc) is 2.31. The summed E-state index contributed by atoms with van der Waals surface area (Å²) in [4.78, 5) is 5.35. The molecule has 3 saturated heterocycles. The maximum absolute atomic E-state index is 4.50. The van der Waals surface area contributed by atoms with Crippen LogP contribution in [0.3, 0.4) is 0 Å². The van der Waals surface area contributed by atoms with Crippen LogP contribution in [-0.2, 0) is 0 Å². The van der Waals surface area contributed by atoms with E-state index in [0.29, 0.717) is 0 Å². The van der Waals surface area contributed by atoms with Crippen molar-refractivity contribution < 1.29 is 0 Å². The third kappa shape index (κ3) is 2.71. The standard InChI is InChI=1S/C11H22N2.CH5N/c1-4-12-7-11-6-5-10(12)8-13(11)9(2)3;1-2/h9-11H,4-8H2,1-3H3;2H2,1H3. The maximum atomic E-state index is 4.50. The van der Waals surface area contributed by atoms with Gasteiger partial charge in [0.25, 0.3) is 0 Å². The molecule has 3 fully saturated rings. The molecule has 0 amide bonds. The van der Waals surface area contributed by atoms with E-state index in [1.807, 2.05) is 0 Å². The van der Waals surface area contributed by atoms with Crippen LogP contribution in [0.1, 0.15) is 33.6 Å². The van der Waals surface area contributed by atoms with E-state index in [2.05, 4.69) is 36.3 Å². The van der Waals surface area contributed by atoms with Crippen LogP contribution in [0.25, 0.3) is 0 Å². The predicted octanol–water partition coefficient (Wildman–Crippen LogP) is 1.14. The predicted molar refractivity (Wildman–Crippen MR) is 66.0 cm³/mol. The van der Waals surface area contributed by atoms with E-state index in [1.165, 1.54) is 39.5 Å². The van der Waals surface area contributed by atoms with Gasteiger partial charge in [0.15, 0.2) is 0 Å². The Kier molecular flexibility index (Phi) is 5.03. The minimum absolute atomic E-state index is 0.742. The summed E-state index contributed by atoms with van der Waals surface area (Å²) in [6.07, 6.45) is 2.86. The molecule has 0 aromatic heterocycles. The molecule has 0 aliphatic carbocycles. The van der Waals surface area contributed by atoms with Crippen LogP contribution in [0.4, 0.5) is 0 Å². The first-order valence-electron chi connectivity index (χ1n) is 6.30. The third-order valence-electron chi connectivity index (χ3n) is 3.75. The minimum Gasteiger partial charge on any atom is -0.333 e. The lowest BCUT2D eigenvalue weighted by Gasteiger charge is -2.53. The summed E-state index contributed by atoms with van der Waals surface area (Å²) >= 11 is 0. The number of hydrogen-bond acceptors (Lipinski definition) is 3. The molecule has 2 unspecified atom stereocenters. The molecule has 3 aliphatic rings. The number of fused-ring (bicyclic) bond motifs is 3. The Labute approximate surface area is 94.6 Å². The van der Waals surface area contributed by atoms with Crippen LogP contribution in [0.15, 0.2) is 0 Å². The van der Waals surface area contributed by atoms with Gasteiger partial charge in [-0.2, -0.15) is 0 Å². The lowest BCUT2D eigenvalue weighted by atomic mass is 9.90. The molecule has 3 heteroatoms. The molecule has 2 atom stereocenters. The summed E-state index contributed by atoms with van der Waals surface area (Å²) in [6, 6.07) is 2.45.